The number of ether oxygens (including phenoxy) is 2. The van der Waals surface area contributed by atoms with Gasteiger partial charge in [-0.25, -0.2) is 0 Å². The molecule has 3 aromatic rings. The standard InChI is InChI=1S/C31H35NO4/c1-21-11-9-12-22(13-10-18-28(33)36-31(2,3)4)30(21)32-19-29(34)35-20-27-25-16-7-5-14-23(25)24-15-6-8-17-26(24)27/h5-9,11-12,14-17,27,32H,10,13,18-20H2,1-4H3. The van der Waals surface area contributed by atoms with Gasteiger partial charge in [-0.3, -0.25) is 9.59 Å². The maximum atomic E-state index is 12.7. The maximum Gasteiger partial charge on any atom is 0.325 e. The van der Waals surface area contributed by atoms with Crippen LogP contribution in [0.4, 0.5) is 5.69 Å². The Bertz CT molecular complexity index is 1200. The minimum atomic E-state index is -0.476. The monoisotopic (exact) mass is 485 g/mol. The number of carbonyl (C=O) groups is 2. The van der Waals surface area contributed by atoms with Crippen molar-refractivity contribution in [1.82, 2.24) is 0 Å². The quantitative estimate of drug-likeness (QED) is 0.354. The smallest absolute Gasteiger partial charge is 0.325 e. The Morgan fingerprint density at radius 1 is 0.861 bits per heavy atom. The zero-order valence-corrected chi connectivity index (χ0v) is 21.6. The van der Waals surface area contributed by atoms with Gasteiger partial charge in [0.2, 0.25) is 0 Å². The summed E-state index contributed by atoms with van der Waals surface area (Å²) in [7, 11) is 0. The van der Waals surface area contributed by atoms with E-state index in [1.807, 2.05) is 70.2 Å². The Hall–Kier alpha value is -3.60. The summed E-state index contributed by atoms with van der Waals surface area (Å²) in [6, 6.07) is 22.7. The summed E-state index contributed by atoms with van der Waals surface area (Å²) < 4.78 is 11.1. The lowest BCUT2D eigenvalue weighted by molar-refractivity contribution is -0.154. The molecule has 0 unspecified atom stereocenters. The highest BCUT2D eigenvalue weighted by atomic mass is 16.6. The number of esters is 2. The molecule has 0 saturated heterocycles. The van der Waals surface area contributed by atoms with E-state index in [-0.39, 0.29) is 24.4 Å². The second-order valence-electron chi connectivity index (χ2n) is 10.3. The third-order valence-corrected chi connectivity index (χ3v) is 6.39. The van der Waals surface area contributed by atoms with Crippen molar-refractivity contribution in [1.29, 1.82) is 0 Å². The molecule has 0 amide bonds. The van der Waals surface area contributed by atoms with Crippen molar-refractivity contribution in [3.8, 4) is 11.1 Å². The molecular weight excluding hydrogens is 450 g/mol. The molecule has 0 fully saturated rings. The first-order valence-electron chi connectivity index (χ1n) is 12.6. The predicted octanol–water partition coefficient (Wildman–Crippen LogP) is 6.43. The number of hydrogen-bond donors (Lipinski definition) is 1. The van der Waals surface area contributed by atoms with E-state index in [1.165, 1.54) is 22.3 Å². The fraction of sp³-hybridized carbons (Fsp3) is 0.355. The van der Waals surface area contributed by atoms with Crippen molar-refractivity contribution in [2.24, 2.45) is 0 Å². The number of para-hydroxylation sites is 1. The van der Waals surface area contributed by atoms with Gasteiger partial charge in [0.05, 0.1) is 0 Å². The number of anilines is 1. The number of rotatable bonds is 9. The number of benzene rings is 3. The molecule has 0 radical (unpaired) electrons. The first-order chi connectivity index (χ1) is 17.2. The van der Waals surface area contributed by atoms with Crippen LogP contribution in [-0.2, 0) is 25.5 Å². The number of hydrogen-bond acceptors (Lipinski definition) is 5. The van der Waals surface area contributed by atoms with Gasteiger partial charge >= 0.3 is 11.9 Å². The molecule has 3 aromatic carbocycles. The number of carbonyl (C=O) groups excluding carboxylic acids is 2. The molecular formula is C31H35NO4. The van der Waals surface area contributed by atoms with E-state index in [0.717, 1.165) is 16.8 Å². The summed E-state index contributed by atoms with van der Waals surface area (Å²) >= 11 is 0. The molecule has 0 aliphatic heterocycles. The lowest BCUT2D eigenvalue weighted by Gasteiger charge is -2.19. The Labute approximate surface area is 213 Å². The normalized spacial score (nSPS) is 12.6. The zero-order chi connectivity index (χ0) is 25.7. The maximum absolute atomic E-state index is 12.7. The van der Waals surface area contributed by atoms with E-state index < -0.39 is 5.60 Å². The van der Waals surface area contributed by atoms with Gasteiger partial charge in [0.25, 0.3) is 0 Å². The Kier molecular flexibility index (Phi) is 7.78. The lowest BCUT2D eigenvalue weighted by atomic mass is 9.98. The molecule has 0 atom stereocenters. The first-order valence-corrected chi connectivity index (χ1v) is 12.6. The predicted molar refractivity (Wildman–Crippen MR) is 143 cm³/mol. The fourth-order valence-corrected chi connectivity index (χ4v) is 4.83. The van der Waals surface area contributed by atoms with Crippen LogP contribution >= 0.6 is 0 Å². The topological polar surface area (TPSA) is 64.6 Å². The van der Waals surface area contributed by atoms with Crippen molar-refractivity contribution >= 4 is 17.6 Å². The summed E-state index contributed by atoms with van der Waals surface area (Å²) in [5, 5.41) is 3.28. The molecule has 4 rings (SSSR count). The van der Waals surface area contributed by atoms with Crippen LogP contribution in [0.3, 0.4) is 0 Å². The van der Waals surface area contributed by atoms with Crippen molar-refractivity contribution in [2.75, 3.05) is 18.5 Å². The minimum Gasteiger partial charge on any atom is -0.463 e. The molecule has 0 saturated carbocycles. The second-order valence-corrected chi connectivity index (χ2v) is 10.3. The first kappa shape index (κ1) is 25.5. The van der Waals surface area contributed by atoms with Gasteiger partial charge in [-0.2, -0.15) is 0 Å². The second kappa shape index (κ2) is 11.0. The van der Waals surface area contributed by atoms with Crippen LogP contribution in [0.1, 0.15) is 61.8 Å². The van der Waals surface area contributed by atoms with Gasteiger partial charge in [-0.15, -0.1) is 0 Å². The molecule has 188 valence electrons. The average molecular weight is 486 g/mol. The zero-order valence-electron chi connectivity index (χ0n) is 21.6. The van der Waals surface area contributed by atoms with Crippen molar-refractivity contribution in [3.63, 3.8) is 0 Å². The van der Waals surface area contributed by atoms with Crippen molar-refractivity contribution < 1.29 is 19.1 Å². The number of fused-ring (bicyclic) bond motifs is 3. The average Bonchev–Trinajstić information content (AvgIpc) is 3.15. The Morgan fingerprint density at radius 2 is 1.50 bits per heavy atom. The van der Waals surface area contributed by atoms with Gasteiger partial charge in [0.1, 0.15) is 18.8 Å². The molecule has 5 nitrogen and oxygen atoms in total. The summed E-state index contributed by atoms with van der Waals surface area (Å²) in [4.78, 5) is 24.8. The number of aryl methyl sites for hydroxylation is 2. The third-order valence-electron chi connectivity index (χ3n) is 6.39. The van der Waals surface area contributed by atoms with E-state index in [9.17, 15) is 9.59 Å². The fourth-order valence-electron chi connectivity index (χ4n) is 4.83. The van der Waals surface area contributed by atoms with Crippen LogP contribution in [0.15, 0.2) is 66.7 Å². The molecule has 0 spiro atoms. The van der Waals surface area contributed by atoms with Gasteiger partial charge < -0.3 is 14.8 Å². The third kappa shape index (κ3) is 6.14. The molecule has 0 bridgehead atoms. The van der Waals surface area contributed by atoms with Gasteiger partial charge in [-0.05, 0) is 73.9 Å². The number of nitrogens with one attached hydrogen (secondary N) is 1. The SMILES string of the molecule is Cc1cccc(CCCC(=O)OC(C)(C)C)c1NCC(=O)OCC1c2ccccc2-c2ccccc21. The van der Waals surface area contributed by atoms with Crippen LogP contribution in [0.5, 0.6) is 0 Å². The highest BCUT2D eigenvalue weighted by Gasteiger charge is 2.29. The molecule has 5 heteroatoms. The molecule has 1 aliphatic carbocycles. The van der Waals surface area contributed by atoms with Crippen LogP contribution < -0.4 is 5.32 Å². The van der Waals surface area contributed by atoms with Gasteiger partial charge in [0, 0.05) is 18.0 Å². The molecule has 1 N–H and O–H groups in total. The summed E-state index contributed by atoms with van der Waals surface area (Å²) in [5.41, 5.74) is 7.40. The van der Waals surface area contributed by atoms with Crippen molar-refractivity contribution in [3.05, 3.63) is 89.0 Å². The van der Waals surface area contributed by atoms with Gasteiger partial charge in [0.15, 0.2) is 0 Å². The minimum absolute atomic E-state index is 0.0447. The van der Waals surface area contributed by atoms with Crippen LogP contribution in [0.2, 0.25) is 0 Å². The summed E-state index contributed by atoms with van der Waals surface area (Å²) in [6.45, 7) is 8.02. The van der Waals surface area contributed by atoms with E-state index >= 15 is 0 Å². The molecule has 0 aromatic heterocycles. The van der Waals surface area contributed by atoms with Crippen LogP contribution in [0.25, 0.3) is 11.1 Å². The highest BCUT2D eigenvalue weighted by molar-refractivity contribution is 5.80. The van der Waals surface area contributed by atoms with Crippen LogP contribution in [-0.4, -0.2) is 30.7 Å². The van der Waals surface area contributed by atoms with E-state index in [1.54, 1.807) is 0 Å². The Balaban J connectivity index is 1.33. The van der Waals surface area contributed by atoms with Crippen LogP contribution in [0, 0.1) is 6.92 Å². The Morgan fingerprint density at radius 3 is 2.14 bits per heavy atom. The lowest BCUT2D eigenvalue weighted by Crippen LogP contribution is -2.23. The summed E-state index contributed by atoms with van der Waals surface area (Å²) in [5.74, 6) is -0.439. The largest absolute Gasteiger partial charge is 0.463 e. The highest BCUT2D eigenvalue weighted by Crippen LogP contribution is 2.44. The molecule has 36 heavy (non-hydrogen) atoms. The van der Waals surface area contributed by atoms with E-state index in [2.05, 4.69) is 29.6 Å². The van der Waals surface area contributed by atoms with Gasteiger partial charge in [-0.1, -0.05) is 66.7 Å². The molecule has 1 aliphatic rings. The summed E-state index contributed by atoms with van der Waals surface area (Å²) in [6.07, 6.45) is 1.75. The van der Waals surface area contributed by atoms with E-state index in [0.29, 0.717) is 25.9 Å². The van der Waals surface area contributed by atoms with Crippen molar-refractivity contribution in [2.45, 2.75) is 58.5 Å². The molecule has 0 heterocycles. The van der Waals surface area contributed by atoms with E-state index in [4.69, 9.17) is 9.47 Å².